The molecule has 0 bridgehead atoms. The Hall–Kier alpha value is -1.10. The van der Waals surface area contributed by atoms with Crippen LogP contribution in [0.3, 0.4) is 0 Å². The predicted octanol–water partition coefficient (Wildman–Crippen LogP) is -0.354. The van der Waals surface area contributed by atoms with Gasteiger partial charge in [0.2, 0.25) is 5.91 Å². The Bertz CT molecular complexity index is 254. The number of hydrogen-bond donors (Lipinski definition) is 3. The Kier molecular flexibility index (Phi) is 4.27. The first-order valence-corrected chi connectivity index (χ1v) is 4.84. The first-order chi connectivity index (χ1) is 6.61. The lowest BCUT2D eigenvalue weighted by atomic mass is 9.92. The van der Waals surface area contributed by atoms with Crippen LogP contribution in [0, 0.1) is 5.41 Å². The van der Waals surface area contributed by atoms with E-state index in [0.717, 1.165) is 0 Å². The van der Waals surface area contributed by atoms with Crippen LogP contribution in [0.5, 0.6) is 0 Å². The third kappa shape index (κ3) is 4.29. The van der Waals surface area contributed by atoms with E-state index < -0.39 is 16.9 Å². The fourth-order valence-electron chi connectivity index (χ4n) is 0.936. The largest absolute Gasteiger partial charge is 0.381 e. The van der Waals surface area contributed by atoms with Crippen LogP contribution in [0.4, 0.5) is 0 Å². The molecule has 2 amide bonds. The van der Waals surface area contributed by atoms with E-state index in [1.165, 1.54) is 13.8 Å². The van der Waals surface area contributed by atoms with Crippen molar-refractivity contribution in [1.29, 1.82) is 0 Å². The van der Waals surface area contributed by atoms with Gasteiger partial charge >= 0.3 is 0 Å². The van der Waals surface area contributed by atoms with Crippen LogP contribution < -0.4 is 10.6 Å². The summed E-state index contributed by atoms with van der Waals surface area (Å²) in [4.78, 5) is 22.7. The van der Waals surface area contributed by atoms with E-state index in [1.54, 1.807) is 20.9 Å². The Morgan fingerprint density at radius 1 is 1.13 bits per heavy atom. The van der Waals surface area contributed by atoms with E-state index in [4.69, 9.17) is 0 Å². The first kappa shape index (κ1) is 13.9. The summed E-state index contributed by atoms with van der Waals surface area (Å²) in [5, 5.41) is 14.4. The average Bonchev–Trinajstić information content (AvgIpc) is 2.11. The van der Waals surface area contributed by atoms with Crippen molar-refractivity contribution in [2.24, 2.45) is 5.41 Å². The molecular weight excluding hydrogens is 196 g/mol. The molecule has 15 heavy (non-hydrogen) atoms. The third-order valence-electron chi connectivity index (χ3n) is 2.09. The molecule has 0 unspecified atom stereocenters. The van der Waals surface area contributed by atoms with E-state index in [9.17, 15) is 14.7 Å². The van der Waals surface area contributed by atoms with E-state index in [-0.39, 0.29) is 12.5 Å². The zero-order chi connectivity index (χ0) is 12.3. The minimum Gasteiger partial charge on any atom is -0.381 e. The number of rotatable bonds is 4. The van der Waals surface area contributed by atoms with Crippen molar-refractivity contribution in [2.45, 2.75) is 33.3 Å². The molecule has 0 saturated heterocycles. The van der Waals surface area contributed by atoms with Crippen molar-refractivity contribution in [3.8, 4) is 0 Å². The minimum absolute atomic E-state index is 0.154. The van der Waals surface area contributed by atoms with Crippen molar-refractivity contribution in [1.82, 2.24) is 10.6 Å². The summed E-state index contributed by atoms with van der Waals surface area (Å²) < 4.78 is 0. The van der Waals surface area contributed by atoms with Gasteiger partial charge in [-0.25, -0.2) is 0 Å². The van der Waals surface area contributed by atoms with E-state index in [2.05, 4.69) is 10.6 Å². The molecular formula is C10H20N2O3. The molecule has 0 saturated carbocycles. The quantitative estimate of drug-likeness (QED) is 0.601. The SMILES string of the molecule is CNC(=O)C(C)(C)CNC(=O)C(C)(C)O. The van der Waals surface area contributed by atoms with Crippen LogP contribution in [-0.2, 0) is 9.59 Å². The average molecular weight is 216 g/mol. The van der Waals surface area contributed by atoms with Crippen molar-refractivity contribution < 1.29 is 14.7 Å². The Labute approximate surface area is 90.2 Å². The monoisotopic (exact) mass is 216 g/mol. The van der Waals surface area contributed by atoms with E-state index in [1.807, 2.05) is 0 Å². The second-order valence-electron chi connectivity index (χ2n) is 4.70. The van der Waals surface area contributed by atoms with Gasteiger partial charge in [0.25, 0.3) is 5.91 Å². The third-order valence-corrected chi connectivity index (χ3v) is 2.09. The molecule has 0 aliphatic heterocycles. The van der Waals surface area contributed by atoms with Crippen LogP contribution in [-0.4, -0.2) is 36.1 Å². The highest BCUT2D eigenvalue weighted by Gasteiger charge is 2.30. The minimum atomic E-state index is -1.42. The molecule has 0 aromatic rings. The maximum Gasteiger partial charge on any atom is 0.251 e. The fourth-order valence-corrected chi connectivity index (χ4v) is 0.936. The molecule has 3 N–H and O–H groups in total. The second-order valence-corrected chi connectivity index (χ2v) is 4.70. The zero-order valence-electron chi connectivity index (χ0n) is 9.97. The van der Waals surface area contributed by atoms with Gasteiger partial charge in [0.1, 0.15) is 5.60 Å². The first-order valence-electron chi connectivity index (χ1n) is 4.84. The van der Waals surface area contributed by atoms with Gasteiger partial charge in [-0.3, -0.25) is 9.59 Å². The number of hydrogen-bond acceptors (Lipinski definition) is 3. The van der Waals surface area contributed by atoms with E-state index in [0.29, 0.717) is 0 Å². The van der Waals surface area contributed by atoms with Crippen LogP contribution >= 0.6 is 0 Å². The smallest absolute Gasteiger partial charge is 0.251 e. The summed E-state index contributed by atoms with van der Waals surface area (Å²) in [7, 11) is 1.54. The number of nitrogens with one attached hydrogen (secondary N) is 2. The Morgan fingerprint density at radius 2 is 1.60 bits per heavy atom. The summed E-state index contributed by atoms with van der Waals surface area (Å²) in [5.74, 6) is -0.641. The van der Waals surface area contributed by atoms with Crippen molar-refractivity contribution in [2.75, 3.05) is 13.6 Å². The number of amides is 2. The summed E-state index contributed by atoms with van der Waals surface area (Å²) in [6.45, 7) is 6.42. The number of carbonyl (C=O) groups is 2. The topological polar surface area (TPSA) is 78.4 Å². The maximum absolute atomic E-state index is 11.4. The summed E-state index contributed by atoms with van der Waals surface area (Å²) >= 11 is 0. The predicted molar refractivity (Wildman–Crippen MR) is 57.2 cm³/mol. The molecule has 0 aliphatic carbocycles. The van der Waals surface area contributed by atoms with Gasteiger partial charge in [0.15, 0.2) is 0 Å². The second kappa shape index (κ2) is 4.61. The van der Waals surface area contributed by atoms with Crippen LogP contribution in [0.1, 0.15) is 27.7 Å². The number of carbonyl (C=O) groups excluding carboxylic acids is 2. The molecule has 0 radical (unpaired) electrons. The van der Waals surface area contributed by atoms with E-state index >= 15 is 0 Å². The van der Waals surface area contributed by atoms with Crippen molar-refractivity contribution >= 4 is 11.8 Å². The standard InChI is InChI=1S/C10H20N2O3/c1-9(2,7(13)11-5)6-12-8(14)10(3,4)15/h15H,6H2,1-5H3,(H,11,13)(H,12,14). The molecule has 0 spiro atoms. The highest BCUT2D eigenvalue weighted by molar-refractivity contribution is 5.86. The Balaban J connectivity index is 4.28. The highest BCUT2D eigenvalue weighted by atomic mass is 16.3. The summed E-state index contributed by atoms with van der Waals surface area (Å²) in [6, 6.07) is 0. The van der Waals surface area contributed by atoms with Gasteiger partial charge in [0.05, 0.1) is 5.41 Å². The molecule has 0 fully saturated rings. The van der Waals surface area contributed by atoms with Gasteiger partial charge < -0.3 is 15.7 Å². The lowest BCUT2D eigenvalue weighted by Gasteiger charge is -2.25. The van der Waals surface area contributed by atoms with Gasteiger partial charge in [-0.2, -0.15) is 0 Å². The highest BCUT2D eigenvalue weighted by Crippen LogP contribution is 2.13. The lowest BCUT2D eigenvalue weighted by molar-refractivity contribution is -0.137. The molecule has 88 valence electrons. The summed E-state index contributed by atoms with van der Waals surface area (Å²) in [6.07, 6.45) is 0. The molecule has 0 aliphatic rings. The molecule has 0 aromatic carbocycles. The fraction of sp³-hybridized carbons (Fsp3) is 0.800. The van der Waals surface area contributed by atoms with Crippen LogP contribution in [0.2, 0.25) is 0 Å². The molecule has 5 nitrogen and oxygen atoms in total. The number of aliphatic hydroxyl groups is 1. The normalized spacial score (nSPS) is 12.1. The molecule has 0 rings (SSSR count). The van der Waals surface area contributed by atoms with Crippen LogP contribution in [0.25, 0.3) is 0 Å². The van der Waals surface area contributed by atoms with Gasteiger partial charge in [-0.15, -0.1) is 0 Å². The lowest BCUT2D eigenvalue weighted by Crippen LogP contribution is -2.49. The molecule has 5 heteroatoms. The zero-order valence-corrected chi connectivity index (χ0v) is 9.97. The Morgan fingerprint density at radius 3 is 1.93 bits per heavy atom. The van der Waals surface area contributed by atoms with Gasteiger partial charge in [-0.05, 0) is 27.7 Å². The molecule has 0 aromatic heterocycles. The maximum atomic E-state index is 11.4. The molecule has 0 heterocycles. The summed E-state index contributed by atoms with van der Waals surface area (Å²) in [5.41, 5.74) is -2.10. The van der Waals surface area contributed by atoms with Crippen LogP contribution in [0.15, 0.2) is 0 Å². The van der Waals surface area contributed by atoms with Crippen molar-refractivity contribution in [3.05, 3.63) is 0 Å². The van der Waals surface area contributed by atoms with Crippen molar-refractivity contribution in [3.63, 3.8) is 0 Å². The van der Waals surface area contributed by atoms with Gasteiger partial charge in [-0.1, -0.05) is 0 Å². The molecule has 0 atom stereocenters. The van der Waals surface area contributed by atoms with Gasteiger partial charge in [0, 0.05) is 13.6 Å².